The summed E-state index contributed by atoms with van der Waals surface area (Å²) in [5, 5.41) is 11.8. The van der Waals surface area contributed by atoms with Crippen LogP contribution < -0.4 is 10.2 Å². The first-order chi connectivity index (χ1) is 17.4. The van der Waals surface area contributed by atoms with Crippen LogP contribution in [0.15, 0.2) is 24.5 Å². The fraction of sp³-hybridized carbons (Fsp3) is 0.500. The Bertz CT molecular complexity index is 1230. The second kappa shape index (κ2) is 10.7. The van der Waals surface area contributed by atoms with Gasteiger partial charge in [-0.3, -0.25) is 9.36 Å². The Morgan fingerprint density at radius 3 is 2.61 bits per heavy atom. The maximum Gasteiger partial charge on any atom is 0.317 e. The average molecular weight is 500 g/mol. The van der Waals surface area contributed by atoms with Gasteiger partial charge in [0.05, 0.1) is 12.7 Å². The molecule has 0 aliphatic carbocycles. The van der Waals surface area contributed by atoms with E-state index in [0.717, 1.165) is 41.2 Å². The van der Waals surface area contributed by atoms with Gasteiger partial charge in [0, 0.05) is 74.4 Å². The van der Waals surface area contributed by atoms with Crippen LogP contribution >= 0.6 is 0 Å². The molecule has 2 aromatic heterocycles. The Kier molecular flexibility index (Phi) is 7.61. The van der Waals surface area contributed by atoms with E-state index < -0.39 is 6.43 Å². The molecule has 2 aliphatic rings. The summed E-state index contributed by atoms with van der Waals surface area (Å²) in [6.45, 7) is 8.52. The predicted octanol–water partition coefficient (Wildman–Crippen LogP) is 5.05. The number of urea groups is 1. The minimum absolute atomic E-state index is 0.00516. The Hall–Kier alpha value is -3.43. The molecule has 2 amide bonds. The van der Waals surface area contributed by atoms with E-state index in [2.05, 4.69) is 15.3 Å². The van der Waals surface area contributed by atoms with Crippen LogP contribution in [0.5, 0.6) is 0 Å². The molecule has 1 N–H and O–H groups in total. The first kappa shape index (κ1) is 25.7. The van der Waals surface area contributed by atoms with Gasteiger partial charge >= 0.3 is 6.03 Å². The number of fused-ring (bicyclic) bond motifs is 2. The maximum absolute atomic E-state index is 14.2. The van der Waals surface area contributed by atoms with Gasteiger partial charge in [-0.2, -0.15) is 10.2 Å². The highest BCUT2D eigenvalue weighted by molar-refractivity contribution is 5.78. The number of benzene rings is 1. The molecule has 10 heteroatoms. The second-order valence-electron chi connectivity index (χ2n) is 8.82. The van der Waals surface area contributed by atoms with E-state index in [0.29, 0.717) is 43.7 Å². The van der Waals surface area contributed by atoms with E-state index in [1.165, 1.54) is 0 Å². The van der Waals surface area contributed by atoms with E-state index in [-0.39, 0.29) is 11.6 Å². The van der Waals surface area contributed by atoms with Crippen molar-refractivity contribution in [2.75, 3.05) is 25.0 Å². The smallest absolute Gasteiger partial charge is 0.317 e. The van der Waals surface area contributed by atoms with Crippen molar-refractivity contribution in [3.8, 4) is 11.1 Å². The summed E-state index contributed by atoms with van der Waals surface area (Å²) in [6.07, 6.45) is 3.19. The highest BCUT2D eigenvalue weighted by Gasteiger charge is 2.32. The average Bonchev–Trinajstić information content (AvgIpc) is 3.51. The minimum Gasteiger partial charge on any atom is -0.341 e. The lowest BCUT2D eigenvalue weighted by atomic mass is 9.92. The third-order valence-corrected chi connectivity index (χ3v) is 6.79. The predicted molar refractivity (Wildman–Crippen MR) is 137 cm³/mol. The molecular weight excluding hydrogens is 464 g/mol. The molecule has 5 rings (SSSR count). The molecule has 0 spiro atoms. The monoisotopic (exact) mass is 499 g/mol. The number of carbonyl (C=O) groups is 1. The maximum atomic E-state index is 14.2. The zero-order valence-corrected chi connectivity index (χ0v) is 21.7. The van der Waals surface area contributed by atoms with Crippen molar-refractivity contribution in [3.63, 3.8) is 0 Å². The minimum atomic E-state index is -2.62. The van der Waals surface area contributed by atoms with Gasteiger partial charge in [-0.25, -0.2) is 13.6 Å². The van der Waals surface area contributed by atoms with Crippen molar-refractivity contribution in [1.82, 2.24) is 29.8 Å². The number of hydrogen-bond acceptors (Lipinski definition) is 4. The summed E-state index contributed by atoms with van der Waals surface area (Å²) >= 11 is 0. The Labute approximate surface area is 210 Å². The lowest BCUT2D eigenvalue weighted by Gasteiger charge is -2.33. The van der Waals surface area contributed by atoms with Crippen molar-refractivity contribution in [2.45, 2.75) is 59.5 Å². The van der Waals surface area contributed by atoms with Crippen LogP contribution in [0.4, 0.5) is 25.1 Å². The van der Waals surface area contributed by atoms with Crippen LogP contribution in [0.2, 0.25) is 0 Å². The Morgan fingerprint density at radius 1 is 1.19 bits per heavy atom. The number of hydrogen-bond donors (Lipinski definition) is 1. The van der Waals surface area contributed by atoms with Gasteiger partial charge in [0.25, 0.3) is 6.43 Å². The summed E-state index contributed by atoms with van der Waals surface area (Å²) in [7, 11) is 3.40. The number of alkyl halides is 2. The number of anilines is 2. The van der Waals surface area contributed by atoms with Gasteiger partial charge < -0.3 is 15.1 Å². The van der Waals surface area contributed by atoms with E-state index >= 15 is 0 Å². The summed E-state index contributed by atoms with van der Waals surface area (Å²) in [4.78, 5) is 16.2. The third-order valence-electron chi connectivity index (χ3n) is 6.79. The topological polar surface area (TPSA) is 71.2 Å². The standard InChI is InChI=1S/C24H29F2N7O.C2H6/c1-4-33-20-7-9-31(24(34)27-2)14-19(20)23(29-33)32-8-5-6-15-10-17(16-12-28-30(3)13-16)18(22(25)26)11-21(15)32;1-2/h10-13,22H,4-9,14H2,1-3H3,(H,27,34);1-2H3. The lowest BCUT2D eigenvalue weighted by molar-refractivity contribution is 0.152. The fourth-order valence-electron chi connectivity index (χ4n) is 5.14. The van der Waals surface area contributed by atoms with Crippen LogP contribution in [0, 0.1) is 0 Å². The van der Waals surface area contributed by atoms with Crippen LogP contribution in [0.1, 0.15) is 56.0 Å². The molecule has 0 unspecified atom stereocenters. The fourth-order valence-corrected chi connectivity index (χ4v) is 5.14. The van der Waals surface area contributed by atoms with Crippen molar-refractivity contribution in [1.29, 1.82) is 0 Å². The SMILES string of the molecule is CC.CCn1nc(N2CCCc3cc(-c4cnn(C)c4)c(C(F)F)cc32)c2c1CCN(C(=O)NC)C2. The number of amides is 2. The Balaban J connectivity index is 0.00000148. The van der Waals surface area contributed by atoms with Crippen LogP contribution in [0.25, 0.3) is 11.1 Å². The largest absolute Gasteiger partial charge is 0.341 e. The van der Waals surface area contributed by atoms with E-state index in [9.17, 15) is 13.6 Å². The summed E-state index contributed by atoms with van der Waals surface area (Å²) < 4.78 is 32.0. The normalized spacial score (nSPS) is 14.8. The van der Waals surface area contributed by atoms with Crippen molar-refractivity contribution in [2.24, 2.45) is 7.05 Å². The Morgan fingerprint density at radius 2 is 1.97 bits per heavy atom. The van der Waals surface area contributed by atoms with Gasteiger partial charge in [0.15, 0.2) is 5.82 Å². The molecule has 0 atom stereocenters. The first-order valence-corrected chi connectivity index (χ1v) is 12.7. The molecule has 0 radical (unpaired) electrons. The number of aromatic nitrogens is 4. The van der Waals surface area contributed by atoms with Gasteiger partial charge in [0.2, 0.25) is 0 Å². The number of rotatable bonds is 4. The van der Waals surface area contributed by atoms with Crippen LogP contribution in [-0.2, 0) is 33.0 Å². The molecule has 194 valence electrons. The highest BCUT2D eigenvalue weighted by atomic mass is 19.3. The van der Waals surface area contributed by atoms with Gasteiger partial charge in [0.1, 0.15) is 0 Å². The van der Waals surface area contributed by atoms with E-state index in [1.807, 2.05) is 31.5 Å². The first-order valence-electron chi connectivity index (χ1n) is 12.7. The van der Waals surface area contributed by atoms with Gasteiger partial charge in [-0.05, 0) is 43.0 Å². The molecule has 36 heavy (non-hydrogen) atoms. The molecule has 0 bridgehead atoms. The number of nitrogens with zero attached hydrogens (tertiary/aromatic N) is 6. The molecule has 4 heterocycles. The molecule has 0 saturated carbocycles. The molecular formula is C26H35F2N7O. The summed E-state index contributed by atoms with van der Waals surface area (Å²) in [5.41, 5.74) is 5.12. The molecule has 0 saturated heterocycles. The lowest BCUT2D eigenvalue weighted by Crippen LogP contribution is -2.41. The van der Waals surface area contributed by atoms with Gasteiger partial charge in [-0.15, -0.1) is 0 Å². The van der Waals surface area contributed by atoms with Crippen molar-refractivity contribution < 1.29 is 13.6 Å². The number of aryl methyl sites for hydroxylation is 3. The molecule has 3 aromatic rings. The number of halogens is 2. The third kappa shape index (κ3) is 4.56. The van der Waals surface area contributed by atoms with Crippen molar-refractivity contribution >= 4 is 17.5 Å². The summed E-state index contributed by atoms with van der Waals surface area (Å²) in [5.74, 6) is 0.765. The van der Waals surface area contributed by atoms with E-state index in [1.54, 1.807) is 42.1 Å². The molecule has 8 nitrogen and oxygen atoms in total. The number of nitrogens with one attached hydrogen (secondary N) is 1. The zero-order valence-electron chi connectivity index (χ0n) is 21.7. The van der Waals surface area contributed by atoms with Gasteiger partial charge in [-0.1, -0.05) is 13.8 Å². The second-order valence-corrected chi connectivity index (χ2v) is 8.82. The summed E-state index contributed by atoms with van der Waals surface area (Å²) in [6, 6.07) is 3.39. The van der Waals surface area contributed by atoms with Crippen LogP contribution in [0.3, 0.4) is 0 Å². The van der Waals surface area contributed by atoms with Crippen LogP contribution in [-0.4, -0.2) is 50.6 Å². The zero-order chi connectivity index (χ0) is 26.0. The van der Waals surface area contributed by atoms with E-state index in [4.69, 9.17) is 5.10 Å². The number of carbonyl (C=O) groups excluding carboxylic acids is 1. The molecule has 1 aromatic carbocycles. The quantitative estimate of drug-likeness (QED) is 0.545. The van der Waals surface area contributed by atoms with Crippen molar-refractivity contribution in [3.05, 3.63) is 46.9 Å². The highest BCUT2D eigenvalue weighted by Crippen LogP contribution is 2.42. The molecule has 2 aliphatic heterocycles. The molecule has 0 fully saturated rings.